The van der Waals surface area contributed by atoms with Gasteiger partial charge in [-0.2, -0.15) is 5.10 Å². The number of esters is 1. The van der Waals surface area contributed by atoms with Crippen molar-refractivity contribution >= 4 is 11.7 Å². The van der Waals surface area contributed by atoms with Crippen LogP contribution in [0.15, 0.2) is 36.7 Å². The van der Waals surface area contributed by atoms with Crippen LogP contribution in [0.1, 0.15) is 24.9 Å². The number of nitrogens with one attached hydrogen (secondary N) is 1. The maximum Gasteiger partial charge on any atom is 0.333 e. The summed E-state index contributed by atoms with van der Waals surface area (Å²) in [5, 5.41) is 7.05. The summed E-state index contributed by atoms with van der Waals surface area (Å²) in [6, 6.07) is 5.39. The molecule has 0 saturated carbocycles. The van der Waals surface area contributed by atoms with E-state index in [2.05, 4.69) is 10.4 Å². The molecule has 1 aromatic heterocycles. The number of benzene rings is 1. The summed E-state index contributed by atoms with van der Waals surface area (Å²) in [5.74, 6) is -0.915. The van der Waals surface area contributed by atoms with E-state index in [1.54, 1.807) is 35.3 Å². The minimum atomic E-state index is -0.794. The number of methoxy groups -OCH3 is 1. The predicted octanol–water partition coefficient (Wildman–Crippen LogP) is 2.76. The zero-order chi connectivity index (χ0) is 15.2. The molecule has 1 aromatic carbocycles. The first-order valence-electron chi connectivity index (χ1n) is 6.77. The Hall–Kier alpha value is -2.37. The van der Waals surface area contributed by atoms with Gasteiger partial charge in [0.1, 0.15) is 5.82 Å². The Labute approximate surface area is 122 Å². The number of carbonyl (C=O) groups excluding carboxylic acids is 1. The Morgan fingerprint density at radius 1 is 1.48 bits per heavy atom. The van der Waals surface area contributed by atoms with Crippen LogP contribution in [0.5, 0.6) is 0 Å². The highest BCUT2D eigenvalue weighted by molar-refractivity contribution is 5.80. The number of hydrogen-bond donors (Lipinski definition) is 1. The van der Waals surface area contributed by atoms with Gasteiger partial charge in [-0.1, -0.05) is 19.1 Å². The number of anilines is 1. The molecule has 21 heavy (non-hydrogen) atoms. The topological polar surface area (TPSA) is 56.2 Å². The zero-order valence-corrected chi connectivity index (χ0v) is 12.0. The van der Waals surface area contributed by atoms with Crippen molar-refractivity contribution in [1.82, 2.24) is 9.78 Å². The highest BCUT2D eigenvalue weighted by atomic mass is 19.1. The summed E-state index contributed by atoms with van der Waals surface area (Å²) >= 11 is 0. The van der Waals surface area contributed by atoms with Gasteiger partial charge < -0.3 is 10.1 Å². The summed E-state index contributed by atoms with van der Waals surface area (Å²) in [6.07, 6.45) is 4.29. The summed E-state index contributed by atoms with van der Waals surface area (Å²) in [7, 11) is 1.30. The number of carbonyl (C=O) groups is 1. The minimum Gasteiger partial charge on any atom is -0.467 e. The van der Waals surface area contributed by atoms with E-state index >= 15 is 0 Å². The van der Waals surface area contributed by atoms with Crippen molar-refractivity contribution in [3.63, 3.8) is 0 Å². The van der Waals surface area contributed by atoms with Crippen molar-refractivity contribution in [3.05, 3.63) is 48.0 Å². The van der Waals surface area contributed by atoms with Crippen molar-refractivity contribution in [2.75, 3.05) is 12.4 Å². The largest absolute Gasteiger partial charge is 0.467 e. The Kier molecular flexibility index (Phi) is 4.92. The van der Waals surface area contributed by atoms with Crippen molar-refractivity contribution in [2.24, 2.45) is 0 Å². The monoisotopic (exact) mass is 291 g/mol. The van der Waals surface area contributed by atoms with E-state index in [-0.39, 0.29) is 5.69 Å². The van der Waals surface area contributed by atoms with Gasteiger partial charge in [0.05, 0.1) is 19.0 Å². The van der Waals surface area contributed by atoms with Crippen LogP contribution in [0.2, 0.25) is 0 Å². The van der Waals surface area contributed by atoms with Gasteiger partial charge in [-0.15, -0.1) is 0 Å². The summed E-state index contributed by atoms with van der Waals surface area (Å²) in [4.78, 5) is 12.0. The van der Waals surface area contributed by atoms with Gasteiger partial charge >= 0.3 is 5.97 Å². The molecule has 0 aliphatic carbocycles. The van der Waals surface area contributed by atoms with Crippen LogP contribution in [0.4, 0.5) is 10.1 Å². The standard InChI is InChI=1S/C15H18FN3O2/c1-3-8-19-10-11(9-17-19)14(15(20)21-2)18-13-7-5-4-6-12(13)16/h4-7,9-10,14,18H,3,8H2,1-2H3. The third kappa shape index (κ3) is 3.59. The molecule has 1 atom stereocenters. The molecule has 0 amide bonds. The Bertz CT molecular complexity index is 612. The SMILES string of the molecule is CCCn1cc(C(Nc2ccccc2F)C(=O)OC)cn1. The van der Waals surface area contributed by atoms with E-state index in [4.69, 9.17) is 4.74 Å². The molecule has 2 aromatic rings. The molecule has 0 bridgehead atoms. The van der Waals surface area contributed by atoms with E-state index in [9.17, 15) is 9.18 Å². The molecule has 2 rings (SSSR count). The van der Waals surface area contributed by atoms with Crippen LogP contribution >= 0.6 is 0 Å². The second kappa shape index (κ2) is 6.88. The smallest absolute Gasteiger partial charge is 0.333 e. The average molecular weight is 291 g/mol. The third-order valence-electron chi connectivity index (χ3n) is 3.05. The Morgan fingerprint density at radius 3 is 2.90 bits per heavy atom. The average Bonchev–Trinajstić information content (AvgIpc) is 2.94. The molecule has 6 heteroatoms. The number of aryl methyl sites for hydroxylation is 1. The highest BCUT2D eigenvalue weighted by Crippen LogP contribution is 2.22. The fourth-order valence-corrected chi connectivity index (χ4v) is 2.01. The van der Waals surface area contributed by atoms with E-state index in [0.717, 1.165) is 13.0 Å². The molecule has 1 unspecified atom stereocenters. The van der Waals surface area contributed by atoms with E-state index < -0.39 is 17.8 Å². The lowest BCUT2D eigenvalue weighted by Crippen LogP contribution is -2.22. The second-order valence-electron chi connectivity index (χ2n) is 4.62. The van der Waals surface area contributed by atoms with Crippen molar-refractivity contribution < 1.29 is 13.9 Å². The van der Waals surface area contributed by atoms with Crippen molar-refractivity contribution in [1.29, 1.82) is 0 Å². The van der Waals surface area contributed by atoms with Crippen molar-refractivity contribution in [2.45, 2.75) is 25.9 Å². The van der Waals surface area contributed by atoms with Gasteiger partial charge in [0, 0.05) is 18.3 Å². The Balaban J connectivity index is 2.26. The van der Waals surface area contributed by atoms with Crippen LogP contribution in [-0.4, -0.2) is 22.9 Å². The summed E-state index contributed by atoms with van der Waals surface area (Å²) in [6.45, 7) is 2.80. The van der Waals surface area contributed by atoms with Gasteiger partial charge in [0.2, 0.25) is 0 Å². The number of para-hydroxylation sites is 1. The molecule has 0 spiro atoms. The first-order valence-corrected chi connectivity index (χ1v) is 6.77. The van der Waals surface area contributed by atoms with Crippen LogP contribution in [0, 0.1) is 5.82 Å². The fraction of sp³-hybridized carbons (Fsp3) is 0.333. The fourth-order valence-electron chi connectivity index (χ4n) is 2.01. The van der Waals surface area contributed by atoms with Gasteiger partial charge in [0.15, 0.2) is 6.04 Å². The first-order chi connectivity index (χ1) is 10.2. The molecule has 0 aliphatic rings. The molecule has 5 nitrogen and oxygen atoms in total. The lowest BCUT2D eigenvalue weighted by Gasteiger charge is -2.16. The number of ether oxygens (including phenoxy) is 1. The number of nitrogens with zero attached hydrogens (tertiary/aromatic N) is 2. The molecule has 0 fully saturated rings. The molecular weight excluding hydrogens is 273 g/mol. The van der Waals surface area contributed by atoms with Gasteiger partial charge in [0.25, 0.3) is 0 Å². The Morgan fingerprint density at radius 2 is 2.24 bits per heavy atom. The van der Waals surface area contributed by atoms with Crippen LogP contribution in [0.25, 0.3) is 0 Å². The number of hydrogen-bond acceptors (Lipinski definition) is 4. The van der Waals surface area contributed by atoms with Gasteiger partial charge in [-0.25, -0.2) is 9.18 Å². The predicted molar refractivity (Wildman–Crippen MR) is 77.3 cm³/mol. The van der Waals surface area contributed by atoms with E-state index in [1.165, 1.54) is 13.2 Å². The van der Waals surface area contributed by atoms with Crippen molar-refractivity contribution in [3.8, 4) is 0 Å². The lowest BCUT2D eigenvalue weighted by atomic mass is 10.1. The maximum absolute atomic E-state index is 13.7. The molecule has 0 radical (unpaired) electrons. The van der Waals surface area contributed by atoms with Gasteiger partial charge in [-0.05, 0) is 18.6 Å². The van der Waals surface area contributed by atoms with Crippen LogP contribution in [0.3, 0.4) is 0 Å². The van der Waals surface area contributed by atoms with Crippen LogP contribution in [-0.2, 0) is 16.1 Å². The number of rotatable bonds is 6. The molecule has 112 valence electrons. The minimum absolute atomic E-state index is 0.246. The molecule has 0 aliphatic heterocycles. The summed E-state index contributed by atoms with van der Waals surface area (Å²) < 4.78 is 20.3. The van der Waals surface area contributed by atoms with Crippen LogP contribution < -0.4 is 5.32 Å². The van der Waals surface area contributed by atoms with Gasteiger partial charge in [-0.3, -0.25) is 4.68 Å². The number of halogens is 1. The second-order valence-corrected chi connectivity index (χ2v) is 4.62. The molecule has 0 saturated heterocycles. The van der Waals surface area contributed by atoms with E-state index in [0.29, 0.717) is 5.56 Å². The quantitative estimate of drug-likeness (QED) is 0.831. The van der Waals surface area contributed by atoms with E-state index in [1.807, 2.05) is 6.92 Å². The molecule has 1 heterocycles. The highest BCUT2D eigenvalue weighted by Gasteiger charge is 2.23. The molecular formula is C15H18FN3O2. The normalized spacial score (nSPS) is 12.0. The first kappa shape index (κ1) is 15.0. The lowest BCUT2D eigenvalue weighted by molar-refractivity contribution is -0.141. The summed E-state index contributed by atoms with van der Waals surface area (Å²) in [5.41, 5.74) is 0.884. The molecule has 1 N–H and O–H groups in total. The maximum atomic E-state index is 13.7. The number of aromatic nitrogens is 2. The zero-order valence-electron chi connectivity index (χ0n) is 12.0. The third-order valence-corrected chi connectivity index (χ3v) is 3.05.